The Morgan fingerprint density at radius 1 is 1.24 bits per heavy atom. The van der Waals surface area contributed by atoms with Gasteiger partial charge in [-0.15, -0.1) is 0 Å². The lowest BCUT2D eigenvalue weighted by Gasteiger charge is -2.05. The molecule has 0 fully saturated rings. The summed E-state index contributed by atoms with van der Waals surface area (Å²) in [6.45, 7) is 0. The van der Waals surface area contributed by atoms with E-state index in [1.807, 2.05) is 12.1 Å². The van der Waals surface area contributed by atoms with E-state index < -0.39 is 5.82 Å². The molecule has 1 aromatic heterocycles. The summed E-state index contributed by atoms with van der Waals surface area (Å²) in [4.78, 5) is 16.1. The van der Waals surface area contributed by atoms with Crippen molar-refractivity contribution in [3.05, 3.63) is 69.9 Å². The molecule has 4 nitrogen and oxygen atoms in total. The van der Waals surface area contributed by atoms with E-state index in [9.17, 15) is 9.18 Å². The highest BCUT2D eigenvalue weighted by Gasteiger charge is 2.11. The summed E-state index contributed by atoms with van der Waals surface area (Å²) < 4.78 is 20.0. The Morgan fingerprint density at radius 3 is 2.72 bits per heavy atom. The molecule has 0 unspecified atom stereocenters. The Kier molecular flexibility index (Phi) is 5.50. The minimum Gasteiger partial charge on any atom is -0.441 e. The SMILES string of the molecule is O=C(CCc1ncc(-c2ccc(Cl)cc2)o1)Nc1ccc(Br)cc1F. The Bertz CT molecular complexity index is 896. The van der Waals surface area contributed by atoms with Gasteiger partial charge < -0.3 is 9.73 Å². The number of halogens is 3. The van der Waals surface area contributed by atoms with Crippen molar-refractivity contribution in [2.45, 2.75) is 12.8 Å². The van der Waals surface area contributed by atoms with Gasteiger partial charge in [0.05, 0.1) is 11.9 Å². The van der Waals surface area contributed by atoms with Crippen LogP contribution in [-0.2, 0) is 11.2 Å². The quantitative estimate of drug-likeness (QED) is 0.592. The largest absolute Gasteiger partial charge is 0.441 e. The van der Waals surface area contributed by atoms with Crippen LogP contribution in [0.25, 0.3) is 11.3 Å². The molecule has 0 radical (unpaired) electrons. The number of oxazole rings is 1. The van der Waals surface area contributed by atoms with Gasteiger partial charge in [0.15, 0.2) is 11.7 Å². The number of aromatic nitrogens is 1. The second-order valence-corrected chi connectivity index (χ2v) is 6.65. The van der Waals surface area contributed by atoms with Crippen LogP contribution in [0.4, 0.5) is 10.1 Å². The molecule has 25 heavy (non-hydrogen) atoms. The molecule has 0 saturated heterocycles. The van der Waals surface area contributed by atoms with E-state index in [2.05, 4.69) is 26.2 Å². The van der Waals surface area contributed by atoms with Gasteiger partial charge in [-0.2, -0.15) is 0 Å². The predicted molar refractivity (Wildman–Crippen MR) is 98.0 cm³/mol. The maximum atomic E-state index is 13.7. The number of nitrogens with zero attached hydrogens (tertiary/aromatic N) is 1. The average Bonchev–Trinajstić information content (AvgIpc) is 3.05. The molecule has 0 aliphatic heterocycles. The van der Waals surface area contributed by atoms with Gasteiger partial charge in [-0.25, -0.2) is 9.37 Å². The molecule has 0 bridgehead atoms. The standard InChI is InChI=1S/C18H13BrClFN2O2/c19-12-3-6-15(14(21)9-12)23-17(24)7-8-18-22-10-16(25-18)11-1-4-13(20)5-2-11/h1-6,9-10H,7-8H2,(H,23,24). The summed E-state index contributed by atoms with van der Waals surface area (Å²) in [6.07, 6.45) is 2.05. The van der Waals surface area contributed by atoms with Crippen LogP contribution in [0.15, 0.2) is 57.6 Å². The van der Waals surface area contributed by atoms with Crippen molar-refractivity contribution in [2.75, 3.05) is 5.32 Å². The van der Waals surface area contributed by atoms with E-state index in [0.29, 0.717) is 27.6 Å². The van der Waals surface area contributed by atoms with E-state index in [-0.39, 0.29) is 18.0 Å². The van der Waals surface area contributed by atoms with Gasteiger partial charge in [-0.05, 0) is 42.5 Å². The summed E-state index contributed by atoms with van der Waals surface area (Å²) in [5.74, 6) is 0.235. The molecular formula is C18H13BrClFN2O2. The third kappa shape index (κ3) is 4.67. The molecule has 0 atom stereocenters. The van der Waals surface area contributed by atoms with Crippen LogP contribution < -0.4 is 5.32 Å². The third-order valence-corrected chi connectivity index (χ3v) is 4.20. The molecular weight excluding hydrogens is 411 g/mol. The third-order valence-electron chi connectivity index (χ3n) is 3.45. The lowest BCUT2D eigenvalue weighted by Crippen LogP contribution is -2.13. The lowest BCUT2D eigenvalue weighted by molar-refractivity contribution is -0.116. The number of nitrogens with one attached hydrogen (secondary N) is 1. The summed E-state index contributed by atoms with van der Waals surface area (Å²) in [5.41, 5.74) is 0.993. The van der Waals surface area contributed by atoms with E-state index in [4.69, 9.17) is 16.0 Å². The van der Waals surface area contributed by atoms with Crippen LogP contribution in [0, 0.1) is 5.82 Å². The van der Waals surface area contributed by atoms with E-state index in [1.54, 1.807) is 24.4 Å². The number of hydrogen-bond donors (Lipinski definition) is 1. The normalized spacial score (nSPS) is 10.7. The van der Waals surface area contributed by atoms with Crippen LogP contribution in [0.2, 0.25) is 5.02 Å². The number of aryl methyl sites for hydroxylation is 1. The molecule has 1 N–H and O–H groups in total. The number of carbonyl (C=O) groups excluding carboxylic acids is 1. The van der Waals surface area contributed by atoms with Crippen LogP contribution in [0.5, 0.6) is 0 Å². The van der Waals surface area contributed by atoms with Gasteiger partial charge in [0.2, 0.25) is 5.91 Å². The van der Waals surface area contributed by atoms with Crippen molar-refractivity contribution in [1.29, 1.82) is 0 Å². The van der Waals surface area contributed by atoms with Crippen LogP contribution in [0.3, 0.4) is 0 Å². The highest BCUT2D eigenvalue weighted by Crippen LogP contribution is 2.23. The second kappa shape index (κ2) is 7.80. The fourth-order valence-corrected chi connectivity index (χ4v) is 2.66. The predicted octanol–water partition coefficient (Wildman–Crippen LogP) is 5.47. The summed E-state index contributed by atoms with van der Waals surface area (Å²) >= 11 is 9.02. The molecule has 1 amide bonds. The number of hydrogen-bond acceptors (Lipinski definition) is 3. The monoisotopic (exact) mass is 422 g/mol. The van der Waals surface area contributed by atoms with Gasteiger partial charge in [-0.1, -0.05) is 27.5 Å². The molecule has 3 aromatic rings. The van der Waals surface area contributed by atoms with Crippen molar-refractivity contribution < 1.29 is 13.6 Å². The first-order valence-corrected chi connectivity index (χ1v) is 8.64. The number of carbonyl (C=O) groups is 1. The Balaban J connectivity index is 1.58. The molecule has 128 valence electrons. The van der Waals surface area contributed by atoms with Gasteiger partial charge in [0.25, 0.3) is 0 Å². The van der Waals surface area contributed by atoms with Gasteiger partial charge in [-0.3, -0.25) is 4.79 Å². The topological polar surface area (TPSA) is 55.1 Å². The Hall–Kier alpha value is -2.18. The van der Waals surface area contributed by atoms with Crippen LogP contribution in [0.1, 0.15) is 12.3 Å². The van der Waals surface area contributed by atoms with E-state index in [0.717, 1.165) is 5.56 Å². The molecule has 7 heteroatoms. The number of benzene rings is 2. The first-order chi connectivity index (χ1) is 12.0. The minimum atomic E-state index is -0.496. The van der Waals surface area contributed by atoms with Crippen molar-refractivity contribution >= 4 is 39.1 Å². The maximum Gasteiger partial charge on any atom is 0.224 e. The zero-order chi connectivity index (χ0) is 17.8. The van der Waals surface area contributed by atoms with Gasteiger partial charge in [0.1, 0.15) is 5.82 Å². The maximum absolute atomic E-state index is 13.7. The van der Waals surface area contributed by atoms with E-state index >= 15 is 0 Å². The summed E-state index contributed by atoms with van der Waals surface area (Å²) in [5, 5.41) is 3.17. The number of rotatable bonds is 5. The van der Waals surface area contributed by atoms with Crippen molar-refractivity contribution in [1.82, 2.24) is 4.98 Å². The van der Waals surface area contributed by atoms with Gasteiger partial charge >= 0.3 is 0 Å². The van der Waals surface area contributed by atoms with Crippen LogP contribution in [-0.4, -0.2) is 10.9 Å². The fourth-order valence-electron chi connectivity index (χ4n) is 2.20. The average molecular weight is 424 g/mol. The lowest BCUT2D eigenvalue weighted by atomic mass is 10.2. The first kappa shape index (κ1) is 17.6. The summed E-state index contributed by atoms with van der Waals surface area (Å²) in [6, 6.07) is 11.6. The molecule has 3 rings (SSSR count). The molecule has 0 saturated carbocycles. The summed E-state index contributed by atoms with van der Waals surface area (Å²) in [7, 11) is 0. The first-order valence-electron chi connectivity index (χ1n) is 7.47. The molecule has 1 heterocycles. The minimum absolute atomic E-state index is 0.135. The van der Waals surface area contributed by atoms with Gasteiger partial charge in [0, 0.05) is 27.9 Å². The molecule has 0 aliphatic rings. The Labute approximate surface area is 157 Å². The second-order valence-electron chi connectivity index (χ2n) is 5.30. The van der Waals surface area contributed by atoms with Crippen molar-refractivity contribution in [2.24, 2.45) is 0 Å². The number of amides is 1. The smallest absolute Gasteiger partial charge is 0.224 e. The molecule has 0 spiro atoms. The zero-order valence-corrected chi connectivity index (χ0v) is 15.3. The van der Waals surface area contributed by atoms with Crippen molar-refractivity contribution in [3.63, 3.8) is 0 Å². The molecule has 0 aliphatic carbocycles. The molecule has 2 aromatic carbocycles. The zero-order valence-electron chi connectivity index (χ0n) is 12.9. The fraction of sp³-hybridized carbons (Fsp3) is 0.111. The number of anilines is 1. The van der Waals surface area contributed by atoms with E-state index in [1.165, 1.54) is 12.1 Å². The van der Waals surface area contributed by atoms with Crippen LogP contribution >= 0.6 is 27.5 Å². The Morgan fingerprint density at radius 2 is 2.00 bits per heavy atom. The van der Waals surface area contributed by atoms with Crippen molar-refractivity contribution in [3.8, 4) is 11.3 Å². The highest BCUT2D eigenvalue weighted by molar-refractivity contribution is 9.10. The highest BCUT2D eigenvalue weighted by atomic mass is 79.9.